The molecule has 0 N–H and O–H groups in total. The van der Waals surface area contributed by atoms with E-state index in [4.69, 9.17) is 4.74 Å². The van der Waals surface area contributed by atoms with Gasteiger partial charge in [0.25, 0.3) is 0 Å². The Morgan fingerprint density at radius 2 is 2.17 bits per heavy atom. The summed E-state index contributed by atoms with van der Waals surface area (Å²) in [6, 6.07) is 6.25. The van der Waals surface area contributed by atoms with Crippen LogP contribution in [0.3, 0.4) is 0 Å². The summed E-state index contributed by atoms with van der Waals surface area (Å²) in [5.41, 5.74) is 4.32. The first kappa shape index (κ1) is 15.4. The van der Waals surface area contributed by atoms with Gasteiger partial charge in [-0.15, -0.1) is 5.10 Å². The van der Waals surface area contributed by atoms with Crippen LogP contribution in [-0.4, -0.2) is 27.7 Å². The van der Waals surface area contributed by atoms with Crippen molar-refractivity contribution >= 4 is 0 Å². The van der Waals surface area contributed by atoms with Crippen molar-refractivity contribution < 1.29 is 4.74 Å². The van der Waals surface area contributed by atoms with E-state index in [1.54, 1.807) is 0 Å². The van der Waals surface area contributed by atoms with Crippen LogP contribution in [0, 0.1) is 24.7 Å². The third-order valence-corrected chi connectivity index (χ3v) is 4.80. The van der Waals surface area contributed by atoms with E-state index >= 15 is 0 Å². The maximum absolute atomic E-state index is 5.79. The first-order chi connectivity index (χ1) is 11.8. The summed E-state index contributed by atoms with van der Waals surface area (Å²) in [6.45, 7) is 3.77. The molecule has 2 fully saturated rings. The molecule has 1 aliphatic carbocycles. The molecular weight excluding hydrogens is 298 g/mol. The largest absolute Gasteiger partial charge is 0.376 e. The maximum atomic E-state index is 5.79. The summed E-state index contributed by atoms with van der Waals surface area (Å²) < 4.78 is 7.70. The van der Waals surface area contributed by atoms with Crippen LogP contribution in [0.15, 0.2) is 24.4 Å². The highest BCUT2D eigenvalue weighted by atomic mass is 16.5. The molecule has 1 aromatic heterocycles. The van der Waals surface area contributed by atoms with E-state index in [1.807, 2.05) is 10.9 Å². The Bertz CT molecular complexity index is 774. The lowest BCUT2D eigenvalue weighted by molar-refractivity contribution is 0.00370. The van der Waals surface area contributed by atoms with Crippen molar-refractivity contribution in [1.29, 1.82) is 0 Å². The van der Waals surface area contributed by atoms with Crippen LogP contribution >= 0.6 is 0 Å². The summed E-state index contributed by atoms with van der Waals surface area (Å²) in [6.07, 6.45) is 8.33. The second-order valence-electron chi connectivity index (χ2n) is 6.84. The van der Waals surface area contributed by atoms with E-state index in [0.29, 0.717) is 5.92 Å². The van der Waals surface area contributed by atoms with Gasteiger partial charge in [0.15, 0.2) is 0 Å². The minimum atomic E-state index is 0.269. The van der Waals surface area contributed by atoms with Gasteiger partial charge in [0.05, 0.1) is 18.8 Å². The number of hydrogen-bond acceptors (Lipinski definition) is 3. The first-order valence-corrected chi connectivity index (χ1v) is 8.93. The lowest BCUT2D eigenvalue weighted by Gasteiger charge is -2.21. The van der Waals surface area contributed by atoms with Gasteiger partial charge in [-0.1, -0.05) is 29.2 Å². The smallest absolute Gasteiger partial charge is 0.113 e. The Labute approximate surface area is 143 Å². The molecule has 2 aliphatic rings. The molecule has 1 aromatic carbocycles. The Hall–Kier alpha value is -2.12. The SMILES string of the molecule is Cc1c(C#CC2CC2)cccc1-c1cn(CC2CCCCO2)nn1. The van der Waals surface area contributed by atoms with Gasteiger partial charge >= 0.3 is 0 Å². The van der Waals surface area contributed by atoms with Crippen LogP contribution in [0.5, 0.6) is 0 Å². The van der Waals surface area contributed by atoms with Crippen molar-refractivity contribution in [2.45, 2.75) is 51.7 Å². The highest BCUT2D eigenvalue weighted by Gasteiger charge is 2.18. The van der Waals surface area contributed by atoms with Crippen molar-refractivity contribution in [3.63, 3.8) is 0 Å². The number of nitrogens with zero attached hydrogens (tertiary/aromatic N) is 3. The Morgan fingerprint density at radius 1 is 1.25 bits per heavy atom. The van der Waals surface area contributed by atoms with E-state index in [-0.39, 0.29) is 6.10 Å². The number of benzene rings is 1. The van der Waals surface area contributed by atoms with E-state index in [1.165, 1.54) is 31.2 Å². The van der Waals surface area contributed by atoms with Gasteiger partial charge in [0.2, 0.25) is 0 Å². The fraction of sp³-hybridized carbons (Fsp3) is 0.500. The standard InChI is InChI=1S/C20H23N3O/c1-15-17(11-10-16-8-9-16)5-4-7-19(15)20-14-23(22-21-20)13-18-6-2-3-12-24-18/h4-5,7,14,16,18H,2-3,6,8-9,12-13H2,1H3. The number of hydrogen-bond donors (Lipinski definition) is 0. The lowest BCUT2D eigenvalue weighted by atomic mass is 10.0. The third kappa shape index (κ3) is 3.52. The predicted octanol–water partition coefficient (Wildman–Crippen LogP) is 3.58. The van der Waals surface area contributed by atoms with Crippen LogP contribution < -0.4 is 0 Å². The molecule has 124 valence electrons. The molecule has 1 saturated heterocycles. The molecule has 1 aliphatic heterocycles. The zero-order valence-electron chi connectivity index (χ0n) is 14.2. The normalized spacial score (nSPS) is 20.5. The zero-order chi connectivity index (χ0) is 16.4. The van der Waals surface area contributed by atoms with Crippen LogP contribution in [0.2, 0.25) is 0 Å². The molecule has 0 amide bonds. The van der Waals surface area contributed by atoms with Gasteiger partial charge < -0.3 is 4.74 Å². The van der Waals surface area contributed by atoms with Crippen molar-refractivity contribution in [2.24, 2.45) is 5.92 Å². The average Bonchev–Trinajstić information content (AvgIpc) is 3.33. The fourth-order valence-electron chi connectivity index (χ4n) is 3.13. The third-order valence-electron chi connectivity index (χ3n) is 4.80. The van der Waals surface area contributed by atoms with Gasteiger partial charge in [-0.3, -0.25) is 0 Å². The predicted molar refractivity (Wildman–Crippen MR) is 93.4 cm³/mol. The Kier molecular flexibility index (Phi) is 4.36. The summed E-state index contributed by atoms with van der Waals surface area (Å²) in [7, 11) is 0. The molecule has 1 saturated carbocycles. The van der Waals surface area contributed by atoms with E-state index < -0.39 is 0 Å². The molecule has 4 rings (SSSR count). The van der Waals surface area contributed by atoms with Crippen LogP contribution in [0.1, 0.15) is 43.2 Å². The second kappa shape index (κ2) is 6.78. The molecule has 0 radical (unpaired) electrons. The van der Waals surface area contributed by atoms with Crippen molar-refractivity contribution in [3.8, 4) is 23.1 Å². The van der Waals surface area contributed by atoms with Crippen molar-refractivity contribution in [2.75, 3.05) is 6.61 Å². The summed E-state index contributed by atoms with van der Waals surface area (Å²) in [5, 5.41) is 8.66. The highest BCUT2D eigenvalue weighted by Crippen LogP contribution is 2.28. The lowest BCUT2D eigenvalue weighted by Crippen LogP contribution is -2.24. The fourth-order valence-corrected chi connectivity index (χ4v) is 3.13. The van der Waals surface area contributed by atoms with Gasteiger partial charge in [-0.05, 0) is 50.7 Å². The average molecular weight is 321 g/mol. The summed E-state index contributed by atoms with van der Waals surface area (Å²) >= 11 is 0. The minimum Gasteiger partial charge on any atom is -0.376 e. The molecule has 0 bridgehead atoms. The van der Waals surface area contributed by atoms with Gasteiger partial charge in [0.1, 0.15) is 5.69 Å². The zero-order valence-corrected chi connectivity index (χ0v) is 14.2. The Morgan fingerprint density at radius 3 is 2.96 bits per heavy atom. The number of ether oxygens (including phenoxy) is 1. The monoisotopic (exact) mass is 321 g/mol. The first-order valence-electron chi connectivity index (χ1n) is 8.93. The maximum Gasteiger partial charge on any atom is 0.113 e. The van der Waals surface area contributed by atoms with Crippen molar-refractivity contribution in [3.05, 3.63) is 35.5 Å². The van der Waals surface area contributed by atoms with Gasteiger partial charge in [0, 0.05) is 23.7 Å². The van der Waals surface area contributed by atoms with Gasteiger partial charge in [-0.2, -0.15) is 0 Å². The van der Waals surface area contributed by atoms with E-state index in [2.05, 4.69) is 47.3 Å². The molecule has 2 aromatic rings. The highest BCUT2D eigenvalue weighted by molar-refractivity contribution is 5.66. The van der Waals surface area contributed by atoms with Crippen LogP contribution in [0.4, 0.5) is 0 Å². The molecular formula is C20H23N3O. The molecule has 24 heavy (non-hydrogen) atoms. The quantitative estimate of drug-likeness (QED) is 0.811. The topological polar surface area (TPSA) is 39.9 Å². The molecule has 0 spiro atoms. The molecule has 1 unspecified atom stereocenters. The second-order valence-corrected chi connectivity index (χ2v) is 6.84. The van der Waals surface area contributed by atoms with Crippen LogP contribution in [0.25, 0.3) is 11.3 Å². The van der Waals surface area contributed by atoms with Gasteiger partial charge in [-0.25, -0.2) is 4.68 Å². The minimum absolute atomic E-state index is 0.269. The van der Waals surface area contributed by atoms with Crippen LogP contribution in [-0.2, 0) is 11.3 Å². The van der Waals surface area contributed by atoms with Crippen molar-refractivity contribution in [1.82, 2.24) is 15.0 Å². The summed E-state index contributed by atoms with van der Waals surface area (Å²) in [4.78, 5) is 0. The summed E-state index contributed by atoms with van der Waals surface area (Å²) in [5.74, 6) is 7.29. The van der Waals surface area contributed by atoms with E-state index in [9.17, 15) is 0 Å². The molecule has 4 heteroatoms. The number of aromatic nitrogens is 3. The molecule has 2 heterocycles. The number of rotatable bonds is 3. The Balaban J connectivity index is 1.53. The molecule has 1 atom stereocenters. The molecule has 4 nitrogen and oxygen atoms in total. The van der Waals surface area contributed by atoms with E-state index in [0.717, 1.165) is 36.4 Å².